The molecule has 140 valence electrons. The molecule has 28 heavy (non-hydrogen) atoms. The quantitative estimate of drug-likeness (QED) is 0.528. The number of benzene rings is 3. The van der Waals surface area contributed by atoms with Crippen LogP contribution in [0.4, 0.5) is 0 Å². The van der Waals surface area contributed by atoms with Gasteiger partial charge >= 0.3 is 11.9 Å². The summed E-state index contributed by atoms with van der Waals surface area (Å²) in [4.78, 5) is 21.1. The molecule has 4 rings (SSSR count). The number of para-hydroxylation sites is 2. The number of hydrogen-bond acceptors (Lipinski definition) is 2. The molecule has 0 radical (unpaired) electrons. The maximum absolute atomic E-state index is 10.6. The molecule has 2 N–H and O–H groups in total. The summed E-state index contributed by atoms with van der Waals surface area (Å²) in [5.41, 5.74) is 3.03. The number of carbonyl (C=O) groups is 2. The van der Waals surface area contributed by atoms with E-state index in [0.717, 1.165) is 6.07 Å². The summed E-state index contributed by atoms with van der Waals surface area (Å²) in [7, 11) is 0. The Hall–Kier alpha value is -3.86. The first-order chi connectivity index (χ1) is 13.5. The monoisotopic (exact) mass is 373 g/mol. The molecule has 0 bridgehead atoms. The lowest BCUT2D eigenvalue weighted by atomic mass is 10.1. The van der Waals surface area contributed by atoms with Gasteiger partial charge < -0.3 is 14.8 Å². The van der Waals surface area contributed by atoms with Crippen LogP contribution in [-0.2, 0) is 0 Å². The lowest BCUT2D eigenvalue weighted by molar-refractivity contribution is 0.0695. The largest absolute Gasteiger partial charge is 0.478 e. The molecule has 0 amide bonds. The van der Waals surface area contributed by atoms with Crippen LogP contribution in [0, 0.1) is 6.92 Å². The van der Waals surface area contributed by atoms with Crippen molar-refractivity contribution < 1.29 is 19.8 Å². The summed E-state index contributed by atoms with van der Waals surface area (Å²) in [5, 5.41) is 18.5. The van der Waals surface area contributed by atoms with E-state index >= 15 is 0 Å². The molecule has 0 aliphatic heterocycles. The van der Waals surface area contributed by atoms with E-state index in [2.05, 4.69) is 65.4 Å². The van der Waals surface area contributed by atoms with Crippen LogP contribution in [-0.4, -0.2) is 26.7 Å². The summed E-state index contributed by atoms with van der Waals surface area (Å²) in [6, 6.07) is 25.0. The Labute approximate surface area is 162 Å². The van der Waals surface area contributed by atoms with Crippen molar-refractivity contribution in [3.05, 3.63) is 102 Å². The van der Waals surface area contributed by atoms with Gasteiger partial charge in [0, 0.05) is 11.9 Å². The Morgan fingerprint density at radius 2 is 1.46 bits per heavy atom. The summed E-state index contributed by atoms with van der Waals surface area (Å²) < 4.78 is 2.20. The van der Waals surface area contributed by atoms with E-state index in [9.17, 15) is 9.59 Å². The Kier molecular flexibility index (Phi) is 5.56. The van der Waals surface area contributed by atoms with Crippen molar-refractivity contribution in [2.24, 2.45) is 0 Å². The van der Waals surface area contributed by atoms with E-state index in [0.29, 0.717) is 5.56 Å². The third-order valence-corrected chi connectivity index (χ3v) is 4.35. The smallest absolute Gasteiger partial charge is 0.335 e. The van der Waals surface area contributed by atoms with Crippen molar-refractivity contribution >= 4 is 22.8 Å². The Morgan fingerprint density at radius 1 is 0.786 bits per heavy atom. The number of rotatable bonds is 3. The highest BCUT2D eigenvalue weighted by Gasteiger charge is 2.10. The standard InChI is InChI=1S/C14H11N.C9H8O4/c1-2-7-13(8-3-1)15-11-10-12-6-4-5-9-14(12)15;1-5-2-3-6(8(10)11)4-7(5)9(12)13/h1-11H;2-4H,1H3,(H,10,11)(H,12,13). The second kappa shape index (κ2) is 8.22. The van der Waals surface area contributed by atoms with E-state index < -0.39 is 11.9 Å². The minimum atomic E-state index is -1.12. The van der Waals surface area contributed by atoms with Gasteiger partial charge in [-0.3, -0.25) is 0 Å². The molecule has 0 saturated heterocycles. The van der Waals surface area contributed by atoms with Crippen LogP contribution >= 0.6 is 0 Å². The van der Waals surface area contributed by atoms with Crippen LogP contribution in [0.5, 0.6) is 0 Å². The van der Waals surface area contributed by atoms with Crippen LogP contribution in [0.2, 0.25) is 0 Å². The Balaban J connectivity index is 0.000000163. The highest BCUT2D eigenvalue weighted by atomic mass is 16.4. The molecular weight excluding hydrogens is 354 g/mol. The van der Waals surface area contributed by atoms with Gasteiger partial charge in [0.05, 0.1) is 16.6 Å². The minimum absolute atomic E-state index is 0.0111. The zero-order valence-electron chi connectivity index (χ0n) is 15.2. The topological polar surface area (TPSA) is 79.5 Å². The number of hydrogen-bond donors (Lipinski definition) is 2. The molecule has 5 heteroatoms. The molecule has 0 saturated carbocycles. The van der Waals surface area contributed by atoms with E-state index in [4.69, 9.17) is 10.2 Å². The first-order valence-corrected chi connectivity index (χ1v) is 8.66. The minimum Gasteiger partial charge on any atom is -0.478 e. The molecule has 1 heterocycles. The van der Waals surface area contributed by atoms with E-state index in [-0.39, 0.29) is 11.1 Å². The Bertz CT molecular complexity index is 1130. The first kappa shape index (κ1) is 18.9. The normalized spacial score (nSPS) is 10.2. The van der Waals surface area contributed by atoms with Crippen molar-refractivity contribution in [2.75, 3.05) is 0 Å². The molecule has 0 fully saturated rings. The number of aryl methyl sites for hydroxylation is 1. The van der Waals surface area contributed by atoms with Crippen LogP contribution in [0.25, 0.3) is 16.6 Å². The van der Waals surface area contributed by atoms with Crippen molar-refractivity contribution in [1.82, 2.24) is 4.57 Å². The first-order valence-electron chi connectivity index (χ1n) is 8.66. The van der Waals surface area contributed by atoms with Crippen molar-refractivity contribution in [2.45, 2.75) is 6.92 Å². The van der Waals surface area contributed by atoms with Crippen LogP contribution in [0.1, 0.15) is 26.3 Å². The highest BCUT2D eigenvalue weighted by Crippen LogP contribution is 2.19. The van der Waals surface area contributed by atoms with Crippen molar-refractivity contribution in [1.29, 1.82) is 0 Å². The fraction of sp³-hybridized carbons (Fsp3) is 0.0435. The summed E-state index contributed by atoms with van der Waals surface area (Å²) in [6.45, 7) is 1.62. The molecular formula is C23H19NO4. The third-order valence-electron chi connectivity index (χ3n) is 4.35. The van der Waals surface area contributed by atoms with Crippen LogP contribution in [0.3, 0.4) is 0 Å². The van der Waals surface area contributed by atoms with E-state index in [1.54, 1.807) is 6.92 Å². The van der Waals surface area contributed by atoms with Gasteiger partial charge in [-0.15, -0.1) is 0 Å². The fourth-order valence-electron chi connectivity index (χ4n) is 2.88. The Morgan fingerprint density at radius 3 is 2.14 bits per heavy atom. The summed E-state index contributed by atoms with van der Waals surface area (Å²) >= 11 is 0. The predicted molar refractivity (Wildman–Crippen MR) is 108 cm³/mol. The van der Waals surface area contributed by atoms with Gasteiger partial charge in [-0.1, -0.05) is 42.5 Å². The predicted octanol–water partition coefficient (Wildman–Crippen LogP) is 5.02. The number of nitrogens with zero attached hydrogens (tertiary/aromatic N) is 1. The van der Waals surface area contributed by atoms with E-state index in [1.165, 1.54) is 28.7 Å². The van der Waals surface area contributed by atoms with Gasteiger partial charge in [0.25, 0.3) is 0 Å². The van der Waals surface area contributed by atoms with E-state index in [1.807, 2.05) is 6.07 Å². The molecule has 0 aliphatic carbocycles. The molecule has 3 aromatic carbocycles. The second-order valence-electron chi connectivity index (χ2n) is 6.22. The maximum Gasteiger partial charge on any atom is 0.335 e. The highest BCUT2D eigenvalue weighted by molar-refractivity contribution is 5.94. The number of aromatic nitrogens is 1. The fourth-order valence-corrected chi connectivity index (χ4v) is 2.88. The van der Waals surface area contributed by atoms with Gasteiger partial charge in [0.15, 0.2) is 0 Å². The molecule has 0 atom stereocenters. The van der Waals surface area contributed by atoms with Gasteiger partial charge in [-0.2, -0.15) is 0 Å². The second-order valence-corrected chi connectivity index (χ2v) is 6.22. The summed E-state index contributed by atoms with van der Waals surface area (Å²) in [5.74, 6) is -2.23. The van der Waals surface area contributed by atoms with Crippen molar-refractivity contribution in [3.63, 3.8) is 0 Å². The van der Waals surface area contributed by atoms with Gasteiger partial charge in [-0.05, 0) is 54.3 Å². The lowest BCUT2D eigenvalue weighted by Crippen LogP contribution is -2.03. The lowest BCUT2D eigenvalue weighted by Gasteiger charge is -2.04. The number of aromatic carboxylic acids is 2. The van der Waals surface area contributed by atoms with Crippen LogP contribution in [0.15, 0.2) is 85.1 Å². The van der Waals surface area contributed by atoms with Gasteiger partial charge in [-0.25, -0.2) is 9.59 Å². The van der Waals surface area contributed by atoms with Crippen LogP contribution < -0.4 is 0 Å². The zero-order valence-corrected chi connectivity index (χ0v) is 15.2. The molecule has 1 aromatic heterocycles. The summed E-state index contributed by atoms with van der Waals surface area (Å²) in [6.07, 6.45) is 2.11. The SMILES string of the molecule is Cc1ccc(C(=O)O)cc1C(=O)O.c1ccc(-n2ccc3ccccc32)cc1. The number of fused-ring (bicyclic) bond motifs is 1. The average molecular weight is 373 g/mol. The van der Waals surface area contributed by atoms with Gasteiger partial charge in [0.1, 0.15) is 0 Å². The third kappa shape index (κ3) is 4.10. The average Bonchev–Trinajstić information content (AvgIpc) is 3.13. The van der Waals surface area contributed by atoms with Crippen molar-refractivity contribution in [3.8, 4) is 5.69 Å². The molecule has 0 spiro atoms. The van der Waals surface area contributed by atoms with Gasteiger partial charge in [0.2, 0.25) is 0 Å². The molecule has 0 unspecified atom stereocenters. The maximum atomic E-state index is 10.6. The molecule has 0 aliphatic rings. The number of carboxylic acids is 2. The molecule has 5 nitrogen and oxygen atoms in total. The molecule has 4 aromatic rings. The zero-order chi connectivity index (χ0) is 20.1. The number of carboxylic acid groups (broad SMARTS) is 2.